The number of ether oxygens (including phenoxy) is 2. The van der Waals surface area contributed by atoms with Crippen LogP contribution >= 0.6 is 0 Å². The predicted octanol–water partition coefficient (Wildman–Crippen LogP) is 3.97. The Morgan fingerprint density at radius 2 is 1.75 bits per heavy atom. The lowest BCUT2D eigenvalue weighted by atomic mass is 10.0. The van der Waals surface area contributed by atoms with E-state index in [1.165, 1.54) is 37.4 Å². The van der Waals surface area contributed by atoms with Crippen molar-refractivity contribution in [3.05, 3.63) is 42.5 Å². The molecule has 0 aromatic heterocycles. The number of rotatable bonds is 3. The third kappa shape index (κ3) is 3.34. The lowest BCUT2D eigenvalue weighted by Crippen LogP contribution is -2.17. The highest BCUT2D eigenvalue weighted by Gasteiger charge is 2.31. The summed E-state index contributed by atoms with van der Waals surface area (Å²) in [4.78, 5) is 0. The van der Waals surface area contributed by atoms with Gasteiger partial charge in [0.05, 0.1) is 7.11 Å². The molecule has 0 bridgehead atoms. The van der Waals surface area contributed by atoms with Crippen LogP contribution in [0, 0.1) is 0 Å². The molecule has 0 atom stereocenters. The van der Waals surface area contributed by atoms with Gasteiger partial charge in [-0.25, -0.2) is 0 Å². The molecule has 0 fully saturated rings. The molecule has 2 aromatic carbocycles. The van der Waals surface area contributed by atoms with Gasteiger partial charge >= 0.3 is 6.36 Å². The fourth-order valence-electron chi connectivity index (χ4n) is 1.73. The summed E-state index contributed by atoms with van der Waals surface area (Å²) in [6.07, 6.45) is -4.75. The Kier molecular flexibility index (Phi) is 3.74. The van der Waals surface area contributed by atoms with E-state index in [2.05, 4.69) is 4.74 Å². The summed E-state index contributed by atoms with van der Waals surface area (Å²) < 4.78 is 45.4. The summed E-state index contributed by atoms with van der Waals surface area (Å²) in [5, 5.41) is 9.79. The molecule has 0 unspecified atom stereocenters. The number of phenols is 1. The van der Waals surface area contributed by atoms with Crippen LogP contribution in [0.1, 0.15) is 0 Å². The van der Waals surface area contributed by atoms with Crippen LogP contribution in [0.5, 0.6) is 17.2 Å². The van der Waals surface area contributed by atoms with Gasteiger partial charge in [0.25, 0.3) is 0 Å². The zero-order chi connectivity index (χ0) is 14.8. The minimum absolute atomic E-state index is 0.0602. The molecule has 0 radical (unpaired) electrons. The standard InChI is InChI=1S/C14H11F3O3/c1-19-10-5-6-13(18)12(8-10)9-3-2-4-11(7-9)20-14(15,16)17/h2-8,18H,1H3. The molecule has 0 saturated carbocycles. The zero-order valence-electron chi connectivity index (χ0n) is 10.4. The van der Waals surface area contributed by atoms with Crippen LogP contribution < -0.4 is 9.47 Å². The number of hydrogen-bond donors (Lipinski definition) is 1. The monoisotopic (exact) mass is 284 g/mol. The van der Waals surface area contributed by atoms with E-state index >= 15 is 0 Å². The summed E-state index contributed by atoms with van der Waals surface area (Å²) in [6.45, 7) is 0. The Morgan fingerprint density at radius 3 is 2.40 bits per heavy atom. The molecule has 0 aliphatic rings. The van der Waals surface area contributed by atoms with Gasteiger partial charge in [0.2, 0.25) is 0 Å². The predicted molar refractivity (Wildman–Crippen MR) is 66.8 cm³/mol. The molecular formula is C14H11F3O3. The molecule has 2 aromatic rings. The quantitative estimate of drug-likeness (QED) is 0.927. The van der Waals surface area contributed by atoms with Gasteiger partial charge in [-0.15, -0.1) is 13.2 Å². The lowest BCUT2D eigenvalue weighted by Gasteiger charge is -2.11. The Bertz CT molecular complexity index is 609. The fraction of sp³-hybridized carbons (Fsp3) is 0.143. The van der Waals surface area contributed by atoms with E-state index in [1.54, 1.807) is 12.1 Å². The van der Waals surface area contributed by atoms with Gasteiger partial charge in [0, 0.05) is 5.56 Å². The van der Waals surface area contributed by atoms with Crippen molar-refractivity contribution in [2.24, 2.45) is 0 Å². The minimum Gasteiger partial charge on any atom is -0.507 e. The van der Waals surface area contributed by atoms with E-state index in [1.807, 2.05) is 0 Å². The second-order valence-electron chi connectivity index (χ2n) is 3.96. The van der Waals surface area contributed by atoms with Gasteiger partial charge in [-0.3, -0.25) is 0 Å². The normalized spacial score (nSPS) is 11.2. The average Bonchev–Trinajstić information content (AvgIpc) is 2.37. The van der Waals surface area contributed by atoms with Gasteiger partial charge in [-0.1, -0.05) is 12.1 Å². The second kappa shape index (κ2) is 5.32. The molecule has 0 spiro atoms. The highest BCUT2D eigenvalue weighted by molar-refractivity contribution is 5.72. The van der Waals surface area contributed by atoms with Crippen LogP contribution in [-0.4, -0.2) is 18.6 Å². The van der Waals surface area contributed by atoms with Crippen molar-refractivity contribution in [2.45, 2.75) is 6.36 Å². The van der Waals surface area contributed by atoms with Crippen LogP contribution in [0.2, 0.25) is 0 Å². The Hall–Kier alpha value is -2.37. The SMILES string of the molecule is COc1ccc(O)c(-c2cccc(OC(F)(F)F)c2)c1. The average molecular weight is 284 g/mol. The van der Waals surface area contributed by atoms with Crippen LogP contribution in [0.3, 0.4) is 0 Å². The maximum atomic E-state index is 12.2. The van der Waals surface area contributed by atoms with Gasteiger partial charge in [-0.2, -0.15) is 0 Å². The number of methoxy groups -OCH3 is 1. The maximum Gasteiger partial charge on any atom is 0.573 e. The molecule has 20 heavy (non-hydrogen) atoms. The van der Waals surface area contributed by atoms with Gasteiger partial charge < -0.3 is 14.6 Å². The minimum atomic E-state index is -4.75. The first kappa shape index (κ1) is 14.0. The molecule has 0 aliphatic carbocycles. The molecule has 0 saturated heterocycles. The number of halogens is 3. The molecule has 1 N–H and O–H groups in total. The van der Waals surface area contributed by atoms with E-state index in [0.29, 0.717) is 16.9 Å². The summed E-state index contributed by atoms with van der Waals surface area (Å²) in [6, 6.07) is 9.85. The van der Waals surface area contributed by atoms with Crippen molar-refractivity contribution in [1.82, 2.24) is 0 Å². The summed E-state index contributed by atoms with van der Waals surface area (Å²) >= 11 is 0. The van der Waals surface area contributed by atoms with E-state index in [9.17, 15) is 18.3 Å². The first-order chi connectivity index (χ1) is 9.39. The maximum absolute atomic E-state index is 12.2. The highest BCUT2D eigenvalue weighted by Crippen LogP contribution is 2.35. The molecule has 0 heterocycles. The number of benzene rings is 2. The van der Waals surface area contributed by atoms with Gasteiger partial charge in [0.15, 0.2) is 0 Å². The summed E-state index contributed by atoms with van der Waals surface area (Å²) in [5.41, 5.74) is 0.750. The Morgan fingerprint density at radius 1 is 1.00 bits per heavy atom. The smallest absolute Gasteiger partial charge is 0.507 e. The number of aromatic hydroxyl groups is 1. The largest absolute Gasteiger partial charge is 0.573 e. The van der Waals surface area contributed by atoms with E-state index in [0.717, 1.165) is 0 Å². The molecule has 0 aliphatic heterocycles. The number of hydrogen-bond acceptors (Lipinski definition) is 3. The van der Waals surface area contributed by atoms with E-state index in [-0.39, 0.29) is 11.5 Å². The van der Waals surface area contributed by atoms with Crippen molar-refractivity contribution in [1.29, 1.82) is 0 Å². The van der Waals surface area contributed by atoms with Crippen molar-refractivity contribution in [2.75, 3.05) is 7.11 Å². The van der Waals surface area contributed by atoms with E-state index in [4.69, 9.17) is 4.74 Å². The van der Waals surface area contributed by atoms with Crippen molar-refractivity contribution < 1.29 is 27.8 Å². The highest BCUT2D eigenvalue weighted by atomic mass is 19.4. The fourth-order valence-corrected chi connectivity index (χ4v) is 1.73. The van der Waals surface area contributed by atoms with Crippen LogP contribution in [0.4, 0.5) is 13.2 Å². The molecule has 2 rings (SSSR count). The Labute approximate surface area is 113 Å². The first-order valence-electron chi connectivity index (χ1n) is 5.62. The van der Waals surface area contributed by atoms with Crippen molar-refractivity contribution >= 4 is 0 Å². The molecule has 3 nitrogen and oxygen atoms in total. The van der Waals surface area contributed by atoms with Gasteiger partial charge in [0.1, 0.15) is 17.2 Å². The molecular weight excluding hydrogens is 273 g/mol. The van der Waals surface area contributed by atoms with Crippen LogP contribution in [0.25, 0.3) is 11.1 Å². The third-order valence-electron chi connectivity index (χ3n) is 2.58. The van der Waals surface area contributed by atoms with Crippen molar-refractivity contribution in [3.63, 3.8) is 0 Å². The summed E-state index contributed by atoms with van der Waals surface area (Å²) in [5.74, 6) is 0.0760. The second-order valence-corrected chi connectivity index (χ2v) is 3.96. The molecule has 106 valence electrons. The Balaban J connectivity index is 2.40. The van der Waals surface area contributed by atoms with E-state index < -0.39 is 6.36 Å². The van der Waals surface area contributed by atoms with Crippen LogP contribution in [-0.2, 0) is 0 Å². The number of alkyl halides is 3. The molecule has 6 heteroatoms. The number of phenolic OH excluding ortho intramolecular Hbond substituents is 1. The van der Waals surface area contributed by atoms with Gasteiger partial charge in [-0.05, 0) is 35.9 Å². The topological polar surface area (TPSA) is 38.7 Å². The third-order valence-corrected chi connectivity index (χ3v) is 2.58. The first-order valence-corrected chi connectivity index (χ1v) is 5.62. The van der Waals surface area contributed by atoms with Crippen molar-refractivity contribution in [3.8, 4) is 28.4 Å². The zero-order valence-corrected chi connectivity index (χ0v) is 10.4. The summed E-state index contributed by atoms with van der Waals surface area (Å²) in [7, 11) is 1.46. The molecule has 0 amide bonds. The van der Waals surface area contributed by atoms with Crippen LogP contribution in [0.15, 0.2) is 42.5 Å². The lowest BCUT2D eigenvalue weighted by molar-refractivity contribution is -0.274.